The van der Waals surface area contributed by atoms with E-state index in [1.54, 1.807) is 12.5 Å². The zero-order valence-corrected chi connectivity index (χ0v) is 11.5. The summed E-state index contributed by atoms with van der Waals surface area (Å²) in [6.07, 6.45) is 3.56. The van der Waals surface area contributed by atoms with Crippen molar-refractivity contribution in [1.82, 2.24) is 10.2 Å². The van der Waals surface area contributed by atoms with E-state index in [1.807, 2.05) is 0 Å². The Balaban J connectivity index is 2.76. The number of hydrogen-bond acceptors (Lipinski definition) is 3. The van der Waals surface area contributed by atoms with Crippen molar-refractivity contribution >= 4 is 10.8 Å². The van der Waals surface area contributed by atoms with Gasteiger partial charge in [-0.25, -0.2) is 0 Å². The van der Waals surface area contributed by atoms with Gasteiger partial charge in [-0.2, -0.15) is 10.2 Å². The van der Waals surface area contributed by atoms with Gasteiger partial charge in [0, 0.05) is 21.6 Å². The molecule has 2 rings (SSSR count). The van der Waals surface area contributed by atoms with Crippen LogP contribution < -0.4 is 0 Å². The Morgan fingerprint density at radius 1 is 0.765 bits per heavy atom. The lowest BCUT2D eigenvalue weighted by Gasteiger charge is -2.22. The van der Waals surface area contributed by atoms with Crippen molar-refractivity contribution in [2.24, 2.45) is 0 Å². The van der Waals surface area contributed by atoms with Crippen LogP contribution in [-0.2, 0) is 10.8 Å². The Bertz CT molecular complexity index is 493. The van der Waals surface area contributed by atoms with Crippen molar-refractivity contribution in [3.63, 3.8) is 0 Å². The minimum atomic E-state index is -0.0223. The number of furan rings is 1. The fourth-order valence-corrected chi connectivity index (χ4v) is 1.98. The monoisotopic (exact) mass is 232 g/mol. The molecule has 0 bridgehead atoms. The lowest BCUT2D eigenvalue weighted by atomic mass is 9.86. The normalized spacial score (nSPS) is 13.3. The molecule has 0 unspecified atom stereocenters. The first-order valence-electron chi connectivity index (χ1n) is 5.95. The van der Waals surface area contributed by atoms with Crippen molar-refractivity contribution in [2.45, 2.75) is 52.4 Å². The summed E-state index contributed by atoms with van der Waals surface area (Å²) in [4.78, 5) is 0. The van der Waals surface area contributed by atoms with E-state index in [-0.39, 0.29) is 10.8 Å². The number of aromatic nitrogens is 2. The maximum atomic E-state index is 5.36. The van der Waals surface area contributed by atoms with Crippen LogP contribution in [0, 0.1) is 0 Å². The van der Waals surface area contributed by atoms with Gasteiger partial charge in [0.25, 0.3) is 0 Å². The van der Waals surface area contributed by atoms with Crippen LogP contribution in [0.4, 0.5) is 0 Å². The maximum Gasteiger partial charge on any atom is 0.100 e. The largest absolute Gasteiger partial charge is 0.471 e. The fourth-order valence-electron chi connectivity index (χ4n) is 1.98. The highest BCUT2D eigenvalue weighted by atomic mass is 16.3. The molecule has 2 aromatic heterocycles. The standard InChI is InChI=1S/C14H20N2O/c1-13(2,3)11-9-7-17-8-10(9)12(16-15-11)14(4,5)6/h7-8H,1-6H3. The topological polar surface area (TPSA) is 38.9 Å². The lowest BCUT2D eigenvalue weighted by Crippen LogP contribution is -2.20. The van der Waals surface area contributed by atoms with Gasteiger partial charge in [0.1, 0.15) is 12.5 Å². The summed E-state index contributed by atoms with van der Waals surface area (Å²) in [5.41, 5.74) is 1.94. The van der Waals surface area contributed by atoms with Gasteiger partial charge in [-0.15, -0.1) is 0 Å². The molecule has 0 N–H and O–H groups in total. The van der Waals surface area contributed by atoms with Crippen molar-refractivity contribution in [2.75, 3.05) is 0 Å². The molecular formula is C14H20N2O. The maximum absolute atomic E-state index is 5.36. The summed E-state index contributed by atoms with van der Waals surface area (Å²) in [6, 6.07) is 0. The molecule has 0 radical (unpaired) electrons. The average molecular weight is 232 g/mol. The fraction of sp³-hybridized carbons (Fsp3) is 0.571. The van der Waals surface area contributed by atoms with Gasteiger partial charge in [-0.3, -0.25) is 0 Å². The smallest absolute Gasteiger partial charge is 0.100 e. The molecule has 3 nitrogen and oxygen atoms in total. The zero-order valence-electron chi connectivity index (χ0n) is 11.5. The highest BCUT2D eigenvalue weighted by Crippen LogP contribution is 2.33. The predicted molar refractivity (Wildman–Crippen MR) is 69.2 cm³/mol. The van der Waals surface area contributed by atoms with Crippen molar-refractivity contribution < 1.29 is 4.42 Å². The molecule has 0 amide bonds. The highest BCUT2D eigenvalue weighted by molar-refractivity contribution is 5.86. The number of fused-ring (bicyclic) bond motifs is 1. The molecule has 0 fully saturated rings. The first-order valence-corrected chi connectivity index (χ1v) is 5.95. The Morgan fingerprint density at radius 2 is 1.12 bits per heavy atom. The van der Waals surface area contributed by atoms with Gasteiger partial charge in [0.2, 0.25) is 0 Å². The first-order chi connectivity index (χ1) is 7.71. The summed E-state index contributed by atoms with van der Waals surface area (Å²) in [5, 5.41) is 11.0. The molecule has 0 saturated heterocycles. The van der Waals surface area contributed by atoms with E-state index < -0.39 is 0 Å². The van der Waals surface area contributed by atoms with Crippen LogP contribution in [0.2, 0.25) is 0 Å². The number of nitrogens with zero attached hydrogens (tertiary/aromatic N) is 2. The number of hydrogen-bond donors (Lipinski definition) is 0. The van der Waals surface area contributed by atoms with Gasteiger partial charge in [0.15, 0.2) is 0 Å². The minimum Gasteiger partial charge on any atom is -0.471 e. The van der Waals surface area contributed by atoms with E-state index in [0.29, 0.717) is 0 Å². The van der Waals surface area contributed by atoms with Gasteiger partial charge in [-0.05, 0) is 0 Å². The third-order valence-corrected chi connectivity index (χ3v) is 2.84. The zero-order chi connectivity index (χ0) is 12.8. The summed E-state index contributed by atoms with van der Waals surface area (Å²) < 4.78 is 5.36. The third-order valence-electron chi connectivity index (χ3n) is 2.84. The van der Waals surface area contributed by atoms with E-state index in [0.717, 1.165) is 22.2 Å². The molecule has 17 heavy (non-hydrogen) atoms. The summed E-state index contributed by atoms with van der Waals surface area (Å²) in [5.74, 6) is 0. The Labute approximate surface area is 102 Å². The molecule has 0 aliphatic heterocycles. The Hall–Kier alpha value is -1.38. The lowest BCUT2D eigenvalue weighted by molar-refractivity contribution is 0.538. The van der Waals surface area contributed by atoms with Gasteiger partial charge < -0.3 is 4.42 Å². The molecule has 2 aromatic rings. The molecule has 2 heterocycles. The van der Waals surface area contributed by atoms with Crippen LogP contribution in [0.1, 0.15) is 52.9 Å². The van der Waals surface area contributed by atoms with Crippen LogP contribution in [0.5, 0.6) is 0 Å². The van der Waals surface area contributed by atoms with Crippen LogP contribution in [0.15, 0.2) is 16.9 Å². The van der Waals surface area contributed by atoms with E-state index >= 15 is 0 Å². The third kappa shape index (κ3) is 2.06. The van der Waals surface area contributed by atoms with Crippen molar-refractivity contribution in [3.05, 3.63) is 23.9 Å². The molecule has 0 aliphatic rings. The van der Waals surface area contributed by atoms with Gasteiger partial charge in [0.05, 0.1) is 11.4 Å². The predicted octanol–water partition coefficient (Wildman–Crippen LogP) is 3.82. The summed E-state index contributed by atoms with van der Waals surface area (Å²) in [6.45, 7) is 12.8. The average Bonchev–Trinajstić information content (AvgIpc) is 2.60. The van der Waals surface area contributed by atoms with Crippen molar-refractivity contribution in [1.29, 1.82) is 0 Å². The molecule has 92 valence electrons. The minimum absolute atomic E-state index is 0.0223. The Morgan fingerprint density at radius 3 is 1.41 bits per heavy atom. The first kappa shape index (κ1) is 12.1. The van der Waals surface area contributed by atoms with Gasteiger partial charge in [-0.1, -0.05) is 41.5 Å². The number of rotatable bonds is 0. The van der Waals surface area contributed by atoms with E-state index in [4.69, 9.17) is 4.42 Å². The molecule has 3 heteroatoms. The summed E-state index contributed by atoms with van der Waals surface area (Å²) in [7, 11) is 0. The van der Waals surface area contributed by atoms with E-state index in [2.05, 4.69) is 51.7 Å². The highest BCUT2D eigenvalue weighted by Gasteiger charge is 2.26. The van der Waals surface area contributed by atoms with Crippen LogP contribution in [0.25, 0.3) is 10.8 Å². The summed E-state index contributed by atoms with van der Waals surface area (Å²) >= 11 is 0. The second kappa shape index (κ2) is 3.56. The second-order valence-electron chi connectivity index (χ2n) is 6.60. The van der Waals surface area contributed by atoms with Crippen molar-refractivity contribution in [3.8, 4) is 0 Å². The molecule has 0 aromatic carbocycles. The Kier molecular flexibility index (Phi) is 2.53. The molecule has 0 saturated carbocycles. The SMILES string of the molecule is CC(C)(C)c1nnc(C(C)(C)C)c2cocc12. The van der Waals surface area contributed by atoms with Crippen LogP contribution in [-0.4, -0.2) is 10.2 Å². The molecular weight excluding hydrogens is 212 g/mol. The van der Waals surface area contributed by atoms with E-state index in [1.165, 1.54) is 0 Å². The quantitative estimate of drug-likeness (QED) is 0.693. The van der Waals surface area contributed by atoms with Crippen LogP contribution in [0.3, 0.4) is 0 Å². The van der Waals surface area contributed by atoms with Gasteiger partial charge >= 0.3 is 0 Å². The molecule has 0 spiro atoms. The molecule has 0 atom stereocenters. The second-order valence-corrected chi connectivity index (χ2v) is 6.60. The molecule has 0 aliphatic carbocycles. The van der Waals surface area contributed by atoms with E-state index in [9.17, 15) is 0 Å². The van der Waals surface area contributed by atoms with Crippen LogP contribution >= 0.6 is 0 Å².